The van der Waals surface area contributed by atoms with Gasteiger partial charge in [0.15, 0.2) is 0 Å². The van der Waals surface area contributed by atoms with Crippen molar-refractivity contribution in [2.75, 3.05) is 5.32 Å². The fourth-order valence-corrected chi connectivity index (χ4v) is 4.29. The van der Waals surface area contributed by atoms with Crippen LogP contribution in [0.25, 0.3) is 11.8 Å². The SMILES string of the molecule is Cc1cc(/C=C(/C#N)C(=O)Nc2ccc(Br)cc2)c(C)n1-c1ccc(OCc2ccccc2Cl)cc1. The maximum atomic E-state index is 12.7. The van der Waals surface area contributed by atoms with Crippen LogP contribution >= 0.6 is 27.5 Å². The van der Waals surface area contributed by atoms with Gasteiger partial charge in [-0.2, -0.15) is 5.26 Å². The number of amides is 1. The van der Waals surface area contributed by atoms with E-state index in [1.165, 1.54) is 0 Å². The van der Waals surface area contributed by atoms with Crippen LogP contribution in [0.5, 0.6) is 5.75 Å². The molecule has 0 unspecified atom stereocenters. The fourth-order valence-electron chi connectivity index (χ4n) is 3.83. The maximum absolute atomic E-state index is 12.7. The van der Waals surface area contributed by atoms with Crippen molar-refractivity contribution in [3.63, 3.8) is 0 Å². The Morgan fingerprint density at radius 1 is 1.08 bits per heavy atom. The van der Waals surface area contributed by atoms with E-state index in [9.17, 15) is 10.1 Å². The molecule has 5 nitrogen and oxygen atoms in total. The molecular weight excluding hydrogens is 538 g/mol. The van der Waals surface area contributed by atoms with Crippen molar-refractivity contribution in [3.8, 4) is 17.5 Å². The number of hydrogen-bond donors (Lipinski definition) is 1. The fraction of sp³-hybridized carbons (Fsp3) is 0.103. The molecule has 0 atom stereocenters. The van der Waals surface area contributed by atoms with Crippen molar-refractivity contribution in [1.82, 2.24) is 4.57 Å². The number of hydrogen-bond acceptors (Lipinski definition) is 3. The second kappa shape index (κ2) is 11.3. The summed E-state index contributed by atoms with van der Waals surface area (Å²) in [6, 6.07) is 26.5. The number of ether oxygens (including phenoxy) is 1. The lowest BCUT2D eigenvalue weighted by Gasteiger charge is -2.12. The molecule has 0 aliphatic carbocycles. The monoisotopic (exact) mass is 559 g/mol. The standard InChI is InChI=1S/C29H23BrClN3O2/c1-19-15-22(16-23(17-32)29(35)33-25-9-7-24(30)8-10-25)20(2)34(19)26-11-13-27(14-12-26)36-18-21-5-3-4-6-28(21)31/h3-16H,18H2,1-2H3,(H,33,35)/b23-16-. The highest BCUT2D eigenvalue weighted by molar-refractivity contribution is 9.10. The summed E-state index contributed by atoms with van der Waals surface area (Å²) in [6.45, 7) is 4.33. The van der Waals surface area contributed by atoms with Crippen LogP contribution in [0.1, 0.15) is 22.5 Å². The lowest BCUT2D eigenvalue weighted by molar-refractivity contribution is -0.112. The predicted octanol–water partition coefficient (Wildman–Crippen LogP) is 7.63. The molecule has 4 aromatic rings. The van der Waals surface area contributed by atoms with Crippen molar-refractivity contribution in [1.29, 1.82) is 5.26 Å². The molecule has 0 saturated carbocycles. The van der Waals surface area contributed by atoms with Gasteiger partial charge >= 0.3 is 0 Å². The number of carbonyl (C=O) groups is 1. The van der Waals surface area contributed by atoms with Crippen LogP contribution in [-0.2, 0) is 11.4 Å². The molecule has 36 heavy (non-hydrogen) atoms. The molecule has 180 valence electrons. The zero-order valence-electron chi connectivity index (χ0n) is 19.8. The summed E-state index contributed by atoms with van der Waals surface area (Å²) >= 11 is 9.58. The Labute approximate surface area is 223 Å². The number of nitrogens with zero attached hydrogens (tertiary/aromatic N) is 2. The van der Waals surface area contributed by atoms with Gasteiger partial charge in [0.1, 0.15) is 24.0 Å². The molecule has 0 aliphatic heterocycles. The molecule has 1 aromatic heterocycles. The Bertz CT molecular complexity index is 1470. The minimum absolute atomic E-state index is 0.0292. The zero-order valence-corrected chi connectivity index (χ0v) is 22.1. The number of anilines is 1. The van der Waals surface area contributed by atoms with Crippen molar-refractivity contribution in [2.45, 2.75) is 20.5 Å². The van der Waals surface area contributed by atoms with Crippen LogP contribution in [0.3, 0.4) is 0 Å². The van der Waals surface area contributed by atoms with Gasteiger partial charge in [0.05, 0.1) is 0 Å². The van der Waals surface area contributed by atoms with Crippen LogP contribution in [0.2, 0.25) is 5.02 Å². The summed E-state index contributed by atoms with van der Waals surface area (Å²) in [6.07, 6.45) is 1.62. The number of benzene rings is 3. The molecule has 7 heteroatoms. The molecule has 0 aliphatic rings. The van der Waals surface area contributed by atoms with Gasteiger partial charge in [0, 0.05) is 37.8 Å². The number of halogens is 2. The molecule has 1 N–H and O–H groups in total. The lowest BCUT2D eigenvalue weighted by Crippen LogP contribution is -2.13. The summed E-state index contributed by atoms with van der Waals surface area (Å²) in [5.41, 5.74) is 5.22. The van der Waals surface area contributed by atoms with Gasteiger partial charge in [0.25, 0.3) is 5.91 Å². The Morgan fingerprint density at radius 2 is 1.78 bits per heavy atom. The van der Waals surface area contributed by atoms with E-state index in [0.717, 1.165) is 38.4 Å². The minimum atomic E-state index is -0.454. The van der Waals surface area contributed by atoms with Gasteiger partial charge in [-0.1, -0.05) is 45.7 Å². The van der Waals surface area contributed by atoms with Crippen molar-refractivity contribution in [2.24, 2.45) is 0 Å². The average Bonchev–Trinajstić information content (AvgIpc) is 3.16. The average molecular weight is 561 g/mol. The van der Waals surface area contributed by atoms with E-state index < -0.39 is 5.91 Å². The van der Waals surface area contributed by atoms with Crippen LogP contribution < -0.4 is 10.1 Å². The molecule has 4 rings (SSSR count). The van der Waals surface area contributed by atoms with E-state index in [1.54, 1.807) is 18.2 Å². The number of nitrogens with one attached hydrogen (secondary N) is 1. The molecule has 1 heterocycles. The van der Waals surface area contributed by atoms with Gasteiger partial charge in [-0.15, -0.1) is 0 Å². The van der Waals surface area contributed by atoms with Gasteiger partial charge in [-0.25, -0.2) is 0 Å². The summed E-state index contributed by atoms with van der Waals surface area (Å²) in [7, 11) is 0. The smallest absolute Gasteiger partial charge is 0.266 e. The summed E-state index contributed by atoms with van der Waals surface area (Å²) in [5.74, 6) is 0.280. The highest BCUT2D eigenvalue weighted by atomic mass is 79.9. The molecule has 0 bridgehead atoms. The molecule has 0 spiro atoms. The molecule has 1 amide bonds. The first-order valence-corrected chi connectivity index (χ1v) is 12.4. The first-order chi connectivity index (χ1) is 17.4. The van der Waals surface area contributed by atoms with E-state index in [-0.39, 0.29) is 5.57 Å². The largest absolute Gasteiger partial charge is 0.489 e. The lowest BCUT2D eigenvalue weighted by atomic mass is 10.1. The second-order valence-electron chi connectivity index (χ2n) is 8.17. The number of carbonyl (C=O) groups excluding carboxylic acids is 1. The van der Waals surface area contributed by atoms with E-state index in [0.29, 0.717) is 17.3 Å². The van der Waals surface area contributed by atoms with Crippen LogP contribution in [0.15, 0.2) is 88.9 Å². The van der Waals surface area contributed by atoms with E-state index >= 15 is 0 Å². The minimum Gasteiger partial charge on any atom is -0.489 e. The second-order valence-corrected chi connectivity index (χ2v) is 9.49. The Morgan fingerprint density at radius 3 is 2.44 bits per heavy atom. The topological polar surface area (TPSA) is 67.0 Å². The molecule has 0 fully saturated rings. The van der Waals surface area contributed by atoms with Crippen molar-refractivity contribution in [3.05, 3.63) is 116 Å². The Kier molecular flexibility index (Phi) is 7.94. The van der Waals surface area contributed by atoms with Crippen LogP contribution in [0, 0.1) is 25.2 Å². The number of rotatable bonds is 7. The zero-order chi connectivity index (χ0) is 25.7. The first kappa shape index (κ1) is 25.3. The third kappa shape index (κ3) is 5.88. The quantitative estimate of drug-likeness (QED) is 0.187. The van der Waals surface area contributed by atoms with Gasteiger partial charge in [-0.05, 0) is 86.2 Å². The van der Waals surface area contributed by atoms with E-state index in [1.807, 2.05) is 86.6 Å². The van der Waals surface area contributed by atoms with Gasteiger partial charge in [-0.3, -0.25) is 4.79 Å². The first-order valence-electron chi connectivity index (χ1n) is 11.2. The third-order valence-electron chi connectivity index (χ3n) is 5.68. The maximum Gasteiger partial charge on any atom is 0.266 e. The van der Waals surface area contributed by atoms with Gasteiger partial charge < -0.3 is 14.6 Å². The highest BCUT2D eigenvalue weighted by Crippen LogP contribution is 2.26. The molecule has 3 aromatic carbocycles. The van der Waals surface area contributed by atoms with Crippen LogP contribution in [-0.4, -0.2) is 10.5 Å². The number of nitriles is 1. The van der Waals surface area contributed by atoms with Crippen LogP contribution in [0.4, 0.5) is 5.69 Å². The van der Waals surface area contributed by atoms with Crippen molar-refractivity contribution >= 4 is 45.2 Å². The van der Waals surface area contributed by atoms with E-state index in [2.05, 4.69) is 25.8 Å². The van der Waals surface area contributed by atoms with Crippen molar-refractivity contribution < 1.29 is 9.53 Å². The predicted molar refractivity (Wildman–Crippen MR) is 147 cm³/mol. The number of aryl methyl sites for hydroxylation is 1. The summed E-state index contributed by atoms with van der Waals surface area (Å²) < 4.78 is 8.87. The Balaban J connectivity index is 1.51. The molecule has 0 saturated heterocycles. The number of aromatic nitrogens is 1. The molecule has 0 radical (unpaired) electrons. The third-order valence-corrected chi connectivity index (χ3v) is 6.58. The van der Waals surface area contributed by atoms with Gasteiger partial charge in [0.2, 0.25) is 0 Å². The summed E-state index contributed by atoms with van der Waals surface area (Å²) in [4.78, 5) is 12.7. The van der Waals surface area contributed by atoms with E-state index in [4.69, 9.17) is 16.3 Å². The normalized spacial score (nSPS) is 11.1. The highest BCUT2D eigenvalue weighted by Gasteiger charge is 2.14. The summed E-state index contributed by atoms with van der Waals surface area (Å²) in [5, 5.41) is 13.1. The molecular formula is C29H23BrClN3O2. The Hall–Kier alpha value is -3.79.